The summed E-state index contributed by atoms with van der Waals surface area (Å²) in [5.41, 5.74) is 0.606. The lowest BCUT2D eigenvalue weighted by Gasteiger charge is -2.12. The van der Waals surface area contributed by atoms with Crippen molar-refractivity contribution in [3.05, 3.63) is 46.5 Å². The van der Waals surface area contributed by atoms with Crippen LogP contribution >= 0.6 is 0 Å². The summed E-state index contributed by atoms with van der Waals surface area (Å²) in [5, 5.41) is 9.26. The van der Waals surface area contributed by atoms with Gasteiger partial charge < -0.3 is 0 Å². The first kappa shape index (κ1) is 10.7. The Morgan fingerprint density at radius 3 is 2.78 bits per heavy atom. The van der Waals surface area contributed by atoms with Gasteiger partial charge in [-0.05, 0) is 11.5 Å². The highest BCUT2D eigenvalue weighted by atomic mass is 16.1. The smallest absolute Gasteiger partial charge is 0.230 e. The largest absolute Gasteiger partial charge is 0.298 e. The summed E-state index contributed by atoms with van der Waals surface area (Å²) in [6.07, 6.45) is 3.45. The van der Waals surface area contributed by atoms with Gasteiger partial charge in [-0.1, -0.05) is 30.3 Å². The molecule has 0 saturated heterocycles. The van der Waals surface area contributed by atoms with Crippen molar-refractivity contribution >= 4 is 29.5 Å². The average Bonchev–Trinajstić information content (AvgIpc) is 2.45. The van der Waals surface area contributed by atoms with E-state index in [1.165, 1.54) is 5.01 Å². The third-order valence-corrected chi connectivity index (χ3v) is 3.03. The lowest BCUT2D eigenvalue weighted by Crippen LogP contribution is -2.36. The molecule has 0 N–H and O–H groups in total. The van der Waals surface area contributed by atoms with E-state index < -0.39 is 0 Å². The van der Waals surface area contributed by atoms with E-state index in [-0.39, 0.29) is 0 Å². The average molecular weight is 238 g/mol. The molecule has 4 nitrogen and oxygen atoms in total. The number of carbonyl (C=O) groups is 2. The zero-order chi connectivity index (χ0) is 12.5. The minimum Gasteiger partial charge on any atom is -0.298 e. The highest BCUT2D eigenvalue weighted by molar-refractivity contribution is 5.88. The molecule has 1 amide bonds. The van der Waals surface area contributed by atoms with Gasteiger partial charge in [-0.2, -0.15) is 5.10 Å². The van der Waals surface area contributed by atoms with Gasteiger partial charge in [-0.15, -0.1) is 0 Å². The van der Waals surface area contributed by atoms with Crippen molar-refractivity contribution in [1.82, 2.24) is 5.01 Å². The van der Waals surface area contributed by atoms with Gasteiger partial charge >= 0.3 is 0 Å². The van der Waals surface area contributed by atoms with Gasteiger partial charge in [-0.25, -0.2) is 5.01 Å². The molecule has 0 unspecified atom stereocenters. The molecule has 4 heteroatoms. The van der Waals surface area contributed by atoms with E-state index in [2.05, 4.69) is 5.10 Å². The molecule has 0 bridgehead atoms. The highest BCUT2D eigenvalue weighted by Crippen LogP contribution is 2.10. The first-order valence-electron chi connectivity index (χ1n) is 5.60. The van der Waals surface area contributed by atoms with Crippen molar-refractivity contribution in [2.45, 2.75) is 0 Å². The predicted octanol–water partition coefficient (Wildman–Crippen LogP) is 0.439. The fourth-order valence-corrected chi connectivity index (χ4v) is 2.12. The maximum Gasteiger partial charge on any atom is 0.230 e. The molecule has 0 aliphatic carbocycles. The Kier molecular flexibility index (Phi) is 2.41. The number of fused-ring (bicyclic) bond motifs is 3. The fraction of sp³-hybridized carbons (Fsp3) is 0.0714. The molecule has 0 radical (unpaired) electrons. The standard InChI is InChI=1S/C14H10N2O2/c17-8-10-1-2-11-3-4-12-5-6-16(9-18)15-14(12)13(11)7-10/h1-5,7-9H,6H2. The molecule has 1 aliphatic heterocycles. The summed E-state index contributed by atoms with van der Waals surface area (Å²) in [5.74, 6) is 0. The number of amides is 1. The summed E-state index contributed by atoms with van der Waals surface area (Å²) >= 11 is 0. The fourth-order valence-electron chi connectivity index (χ4n) is 2.12. The molecule has 0 atom stereocenters. The van der Waals surface area contributed by atoms with E-state index >= 15 is 0 Å². The van der Waals surface area contributed by atoms with Crippen LogP contribution in [0.15, 0.2) is 35.4 Å². The summed E-state index contributed by atoms with van der Waals surface area (Å²) < 4.78 is 0. The Morgan fingerprint density at radius 1 is 1.17 bits per heavy atom. The van der Waals surface area contributed by atoms with E-state index in [1.54, 1.807) is 12.1 Å². The second kappa shape index (κ2) is 4.07. The van der Waals surface area contributed by atoms with Crippen molar-refractivity contribution in [2.24, 2.45) is 5.10 Å². The van der Waals surface area contributed by atoms with Gasteiger partial charge in [0, 0.05) is 16.2 Å². The van der Waals surface area contributed by atoms with E-state index in [0.717, 1.165) is 27.6 Å². The van der Waals surface area contributed by atoms with Gasteiger partial charge in [0.05, 0.1) is 11.9 Å². The molecule has 2 aromatic rings. The normalized spacial score (nSPS) is 13.4. The van der Waals surface area contributed by atoms with Gasteiger partial charge in [0.1, 0.15) is 6.29 Å². The van der Waals surface area contributed by atoms with E-state index in [1.807, 2.05) is 24.3 Å². The van der Waals surface area contributed by atoms with Crippen molar-refractivity contribution in [3.63, 3.8) is 0 Å². The highest BCUT2D eigenvalue weighted by Gasteiger charge is 2.06. The minimum absolute atomic E-state index is 0.482. The number of aldehydes is 1. The van der Waals surface area contributed by atoms with Crippen LogP contribution in [-0.2, 0) is 4.79 Å². The quantitative estimate of drug-likeness (QED) is 0.713. The van der Waals surface area contributed by atoms with E-state index in [4.69, 9.17) is 0 Å². The van der Waals surface area contributed by atoms with Crippen LogP contribution in [0, 0.1) is 0 Å². The molecular weight excluding hydrogens is 228 g/mol. The molecule has 18 heavy (non-hydrogen) atoms. The number of hydrogen-bond acceptors (Lipinski definition) is 3. The Bertz CT molecular complexity index is 765. The molecular formula is C14H10N2O2. The summed E-state index contributed by atoms with van der Waals surface area (Å²) in [4.78, 5) is 21.6. The molecule has 1 heterocycles. The topological polar surface area (TPSA) is 49.7 Å². The first-order valence-corrected chi connectivity index (χ1v) is 5.60. The van der Waals surface area contributed by atoms with Crippen LogP contribution in [0.25, 0.3) is 16.8 Å². The van der Waals surface area contributed by atoms with Crippen LogP contribution in [0.2, 0.25) is 0 Å². The van der Waals surface area contributed by atoms with Crippen molar-refractivity contribution in [3.8, 4) is 0 Å². The predicted molar refractivity (Wildman–Crippen MR) is 67.4 cm³/mol. The van der Waals surface area contributed by atoms with Crippen LogP contribution in [0.3, 0.4) is 0 Å². The van der Waals surface area contributed by atoms with Crippen LogP contribution in [-0.4, -0.2) is 24.2 Å². The van der Waals surface area contributed by atoms with Gasteiger partial charge in [0.25, 0.3) is 0 Å². The van der Waals surface area contributed by atoms with Crippen LogP contribution < -0.4 is 10.6 Å². The Balaban J connectivity index is 2.43. The first-order chi connectivity index (χ1) is 8.81. The maximum absolute atomic E-state index is 10.8. The minimum atomic E-state index is 0.482. The lowest BCUT2D eigenvalue weighted by atomic mass is 10.1. The Labute approximate surface area is 103 Å². The van der Waals surface area contributed by atoms with Crippen LogP contribution in [0.1, 0.15) is 10.4 Å². The Hall–Kier alpha value is -2.49. The molecule has 1 aliphatic rings. The molecule has 0 fully saturated rings. The van der Waals surface area contributed by atoms with Gasteiger partial charge in [-0.3, -0.25) is 9.59 Å². The van der Waals surface area contributed by atoms with Crippen LogP contribution in [0.4, 0.5) is 0 Å². The van der Waals surface area contributed by atoms with E-state index in [9.17, 15) is 9.59 Å². The number of nitrogens with zero attached hydrogens (tertiary/aromatic N) is 2. The molecule has 0 spiro atoms. The number of benzene rings is 2. The third kappa shape index (κ3) is 1.59. The summed E-state index contributed by atoms with van der Waals surface area (Å²) in [6, 6.07) is 9.42. The van der Waals surface area contributed by atoms with Crippen molar-refractivity contribution < 1.29 is 9.59 Å². The molecule has 2 aromatic carbocycles. The van der Waals surface area contributed by atoms with Crippen molar-refractivity contribution in [2.75, 3.05) is 6.54 Å². The maximum atomic E-state index is 10.8. The molecule has 3 rings (SSSR count). The zero-order valence-electron chi connectivity index (χ0n) is 9.54. The second-order valence-electron chi connectivity index (χ2n) is 4.13. The van der Waals surface area contributed by atoms with Crippen LogP contribution in [0.5, 0.6) is 0 Å². The Morgan fingerprint density at radius 2 is 2.00 bits per heavy atom. The summed E-state index contributed by atoms with van der Waals surface area (Å²) in [7, 11) is 0. The monoisotopic (exact) mass is 238 g/mol. The number of carbonyl (C=O) groups excluding carboxylic acids is 2. The third-order valence-electron chi connectivity index (χ3n) is 3.03. The molecule has 88 valence electrons. The van der Waals surface area contributed by atoms with E-state index in [0.29, 0.717) is 18.5 Å². The van der Waals surface area contributed by atoms with Crippen molar-refractivity contribution in [1.29, 1.82) is 0 Å². The SMILES string of the molecule is O=Cc1ccc2ccc3c(c2c1)=NN(C=O)CC=3. The number of hydrogen-bond donors (Lipinski definition) is 0. The lowest BCUT2D eigenvalue weighted by molar-refractivity contribution is -0.117. The summed E-state index contributed by atoms with van der Waals surface area (Å²) in [6.45, 7) is 0.482. The zero-order valence-corrected chi connectivity index (χ0v) is 9.54. The molecule has 0 saturated carbocycles. The second-order valence-corrected chi connectivity index (χ2v) is 4.13. The van der Waals surface area contributed by atoms with Gasteiger partial charge in [0.2, 0.25) is 6.41 Å². The van der Waals surface area contributed by atoms with Gasteiger partial charge in [0.15, 0.2) is 0 Å². The number of rotatable bonds is 2. The molecule has 0 aromatic heterocycles.